The molecule has 0 fully saturated rings. The maximum Gasteiger partial charge on any atom is 0.235 e. The lowest BCUT2D eigenvalue weighted by atomic mass is 10.1. The molecule has 0 radical (unpaired) electrons. The number of benzene rings is 2. The van der Waals surface area contributed by atoms with E-state index in [0.717, 1.165) is 5.56 Å². The molecule has 2 aromatic carbocycles. The first kappa shape index (κ1) is 17.6. The van der Waals surface area contributed by atoms with Gasteiger partial charge < -0.3 is 14.5 Å². The number of aromatic nitrogens is 2. The van der Waals surface area contributed by atoms with Gasteiger partial charge in [-0.25, -0.2) is 4.39 Å². The first-order chi connectivity index (χ1) is 12.6. The Labute approximate surface area is 150 Å². The molecule has 7 heteroatoms. The van der Waals surface area contributed by atoms with E-state index in [9.17, 15) is 9.18 Å². The average molecular weight is 355 g/mol. The van der Waals surface area contributed by atoms with Gasteiger partial charge in [-0.2, -0.15) is 0 Å². The SMILES string of the molecule is Cc1nnc(CNC(=O)CCc2cccc(Oc3ccc(F)cc3)c2)o1. The molecule has 1 amide bonds. The van der Waals surface area contributed by atoms with Crippen molar-refractivity contribution in [1.29, 1.82) is 0 Å². The number of hydrogen-bond donors (Lipinski definition) is 1. The molecule has 0 aliphatic carbocycles. The van der Waals surface area contributed by atoms with Gasteiger partial charge in [0.1, 0.15) is 17.3 Å². The number of amides is 1. The zero-order chi connectivity index (χ0) is 18.4. The van der Waals surface area contributed by atoms with Crippen LogP contribution in [0, 0.1) is 12.7 Å². The quantitative estimate of drug-likeness (QED) is 0.701. The fraction of sp³-hybridized carbons (Fsp3) is 0.211. The molecule has 3 aromatic rings. The normalized spacial score (nSPS) is 10.5. The van der Waals surface area contributed by atoms with Crippen LogP contribution in [0.5, 0.6) is 11.5 Å². The average Bonchev–Trinajstić information content (AvgIpc) is 3.06. The Morgan fingerprint density at radius 3 is 2.69 bits per heavy atom. The number of carbonyl (C=O) groups excluding carboxylic acids is 1. The summed E-state index contributed by atoms with van der Waals surface area (Å²) in [4.78, 5) is 11.9. The van der Waals surface area contributed by atoms with Crippen LogP contribution in [-0.4, -0.2) is 16.1 Å². The highest BCUT2D eigenvalue weighted by Crippen LogP contribution is 2.22. The summed E-state index contributed by atoms with van der Waals surface area (Å²) in [5.41, 5.74) is 0.966. The van der Waals surface area contributed by atoms with Crippen LogP contribution < -0.4 is 10.1 Å². The van der Waals surface area contributed by atoms with E-state index in [0.29, 0.717) is 36.1 Å². The molecular weight excluding hydrogens is 337 g/mol. The number of nitrogens with zero attached hydrogens (tertiary/aromatic N) is 2. The van der Waals surface area contributed by atoms with Gasteiger partial charge in [0.2, 0.25) is 17.7 Å². The molecule has 0 spiro atoms. The van der Waals surface area contributed by atoms with Crippen molar-refractivity contribution in [2.24, 2.45) is 0 Å². The monoisotopic (exact) mass is 355 g/mol. The first-order valence-electron chi connectivity index (χ1n) is 8.16. The van der Waals surface area contributed by atoms with Gasteiger partial charge in [-0.3, -0.25) is 4.79 Å². The minimum absolute atomic E-state index is 0.106. The first-order valence-corrected chi connectivity index (χ1v) is 8.16. The number of hydrogen-bond acceptors (Lipinski definition) is 5. The predicted molar refractivity (Wildman–Crippen MR) is 92.1 cm³/mol. The van der Waals surface area contributed by atoms with Crippen molar-refractivity contribution in [2.75, 3.05) is 0 Å². The number of aryl methyl sites for hydroxylation is 2. The van der Waals surface area contributed by atoms with Crippen molar-refractivity contribution in [3.8, 4) is 11.5 Å². The highest BCUT2D eigenvalue weighted by molar-refractivity contribution is 5.76. The lowest BCUT2D eigenvalue weighted by Crippen LogP contribution is -2.23. The van der Waals surface area contributed by atoms with Gasteiger partial charge >= 0.3 is 0 Å². The van der Waals surface area contributed by atoms with Crippen LogP contribution in [-0.2, 0) is 17.8 Å². The summed E-state index contributed by atoms with van der Waals surface area (Å²) >= 11 is 0. The van der Waals surface area contributed by atoms with Crippen molar-refractivity contribution >= 4 is 5.91 Å². The standard InChI is InChI=1S/C19H18FN3O3/c1-13-22-23-19(25-13)12-21-18(24)10-5-14-3-2-4-17(11-14)26-16-8-6-15(20)7-9-16/h2-4,6-9,11H,5,10,12H2,1H3,(H,21,24). The topological polar surface area (TPSA) is 77.2 Å². The van der Waals surface area contributed by atoms with Crippen LogP contribution in [0.15, 0.2) is 52.9 Å². The summed E-state index contributed by atoms with van der Waals surface area (Å²) in [5, 5.41) is 10.3. The Bertz CT molecular complexity index is 878. The summed E-state index contributed by atoms with van der Waals surface area (Å²) < 4.78 is 23.8. The maximum atomic E-state index is 12.9. The fourth-order valence-corrected chi connectivity index (χ4v) is 2.33. The van der Waals surface area contributed by atoms with E-state index in [1.54, 1.807) is 19.1 Å². The predicted octanol–water partition coefficient (Wildman–Crippen LogP) is 3.56. The second kappa shape index (κ2) is 8.24. The van der Waals surface area contributed by atoms with Crippen LogP contribution in [0.2, 0.25) is 0 Å². The van der Waals surface area contributed by atoms with Gasteiger partial charge in [0.15, 0.2) is 0 Å². The Balaban J connectivity index is 1.50. The van der Waals surface area contributed by atoms with Crippen molar-refractivity contribution in [3.05, 3.63) is 71.7 Å². The molecular formula is C19H18FN3O3. The van der Waals surface area contributed by atoms with Crippen LogP contribution >= 0.6 is 0 Å². The maximum absolute atomic E-state index is 12.9. The minimum atomic E-state index is -0.312. The van der Waals surface area contributed by atoms with E-state index in [-0.39, 0.29) is 18.3 Å². The molecule has 0 saturated heterocycles. The van der Waals surface area contributed by atoms with E-state index in [1.807, 2.05) is 24.3 Å². The second-order valence-electron chi connectivity index (χ2n) is 5.69. The number of nitrogens with one attached hydrogen (secondary N) is 1. The van der Waals surface area contributed by atoms with Gasteiger partial charge in [0.25, 0.3) is 0 Å². The third-order valence-corrected chi connectivity index (χ3v) is 3.59. The number of rotatable bonds is 7. The van der Waals surface area contributed by atoms with Gasteiger partial charge in [-0.1, -0.05) is 12.1 Å². The Kier molecular flexibility index (Phi) is 5.58. The van der Waals surface area contributed by atoms with Crippen LogP contribution in [0.3, 0.4) is 0 Å². The third kappa shape index (κ3) is 5.14. The number of ether oxygens (including phenoxy) is 1. The molecule has 134 valence electrons. The Hall–Kier alpha value is -3.22. The smallest absolute Gasteiger partial charge is 0.235 e. The lowest BCUT2D eigenvalue weighted by molar-refractivity contribution is -0.121. The lowest BCUT2D eigenvalue weighted by Gasteiger charge is -2.08. The molecule has 1 aromatic heterocycles. The zero-order valence-electron chi connectivity index (χ0n) is 14.2. The molecule has 3 rings (SSSR count). The van der Waals surface area contributed by atoms with Crippen molar-refractivity contribution in [2.45, 2.75) is 26.3 Å². The summed E-state index contributed by atoms with van der Waals surface area (Å²) in [6, 6.07) is 13.3. The van der Waals surface area contributed by atoms with Gasteiger partial charge in [0.05, 0.1) is 6.54 Å². The molecule has 0 saturated carbocycles. The summed E-state index contributed by atoms with van der Waals surface area (Å²) in [6.45, 7) is 1.91. The second-order valence-corrected chi connectivity index (χ2v) is 5.69. The van der Waals surface area contributed by atoms with E-state index in [1.165, 1.54) is 12.1 Å². The fourth-order valence-electron chi connectivity index (χ4n) is 2.33. The Morgan fingerprint density at radius 2 is 1.96 bits per heavy atom. The minimum Gasteiger partial charge on any atom is -0.457 e. The highest BCUT2D eigenvalue weighted by Gasteiger charge is 2.07. The van der Waals surface area contributed by atoms with Crippen LogP contribution in [0.25, 0.3) is 0 Å². The van der Waals surface area contributed by atoms with Gasteiger partial charge in [-0.15, -0.1) is 10.2 Å². The van der Waals surface area contributed by atoms with Gasteiger partial charge in [-0.05, 0) is 48.4 Å². The van der Waals surface area contributed by atoms with Crippen molar-refractivity contribution in [1.82, 2.24) is 15.5 Å². The van der Waals surface area contributed by atoms with E-state index in [4.69, 9.17) is 9.15 Å². The molecule has 0 aliphatic heterocycles. The molecule has 0 unspecified atom stereocenters. The molecule has 0 bridgehead atoms. The molecule has 1 heterocycles. The highest BCUT2D eigenvalue weighted by atomic mass is 19.1. The third-order valence-electron chi connectivity index (χ3n) is 3.59. The molecule has 26 heavy (non-hydrogen) atoms. The zero-order valence-corrected chi connectivity index (χ0v) is 14.2. The van der Waals surface area contributed by atoms with Crippen LogP contribution in [0.4, 0.5) is 4.39 Å². The largest absolute Gasteiger partial charge is 0.457 e. The molecule has 0 aliphatic rings. The summed E-state index contributed by atoms with van der Waals surface area (Å²) in [7, 11) is 0. The van der Waals surface area contributed by atoms with Crippen molar-refractivity contribution in [3.63, 3.8) is 0 Å². The number of halogens is 1. The van der Waals surface area contributed by atoms with E-state index >= 15 is 0 Å². The Morgan fingerprint density at radius 1 is 1.15 bits per heavy atom. The van der Waals surface area contributed by atoms with Crippen LogP contribution in [0.1, 0.15) is 23.8 Å². The van der Waals surface area contributed by atoms with E-state index in [2.05, 4.69) is 15.5 Å². The van der Waals surface area contributed by atoms with Crippen molar-refractivity contribution < 1.29 is 18.3 Å². The molecule has 0 atom stereocenters. The van der Waals surface area contributed by atoms with Gasteiger partial charge in [0, 0.05) is 13.3 Å². The molecule has 1 N–H and O–H groups in total. The summed E-state index contributed by atoms with van der Waals surface area (Å²) in [6.07, 6.45) is 0.891. The number of carbonyl (C=O) groups is 1. The molecule has 6 nitrogen and oxygen atoms in total. The summed E-state index contributed by atoms with van der Waals surface area (Å²) in [5.74, 6) is 1.61. The van der Waals surface area contributed by atoms with E-state index < -0.39 is 0 Å².